The molecular formula is C25H28F7NO3S. The van der Waals surface area contributed by atoms with Crippen LogP contribution in [0.25, 0.3) is 0 Å². The van der Waals surface area contributed by atoms with Gasteiger partial charge in [-0.3, -0.25) is 0 Å². The van der Waals surface area contributed by atoms with Crippen molar-refractivity contribution in [3.05, 3.63) is 65.5 Å². The highest BCUT2D eigenvalue weighted by atomic mass is 32.2. The molecule has 0 amide bonds. The second-order valence-electron chi connectivity index (χ2n) is 10.1. The molecule has 1 aliphatic heterocycles. The summed E-state index contributed by atoms with van der Waals surface area (Å²) in [6, 6.07) is 6.32. The molecule has 2 atom stereocenters. The van der Waals surface area contributed by atoms with Crippen molar-refractivity contribution in [2.45, 2.75) is 73.7 Å². The molecule has 12 heteroatoms. The fourth-order valence-electron chi connectivity index (χ4n) is 5.06. The molecule has 2 aromatic carbocycles. The molecule has 4 nitrogen and oxygen atoms in total. The number of sulfone groups is 1. The number of hydrogen-bond acceptors (Lipinski definition) is 4. The maximum Gasteiger partial charge on any atom is 0.430 e. The van der Waals surface area contributed by atoms with Gasteiger partial charge in [-0.05, 0) is 48.1 Å². The van der Waals surface area contributed by atoms with Gasteiger partial charge in [0.05, 0.1) is 4.90 Å². The summed E-state index contributed by atoms with van der Waals surface area (Å²) in [6.07, 6.45) is -10.7. The van der Waals surface area contributed by atoms with E-state index < -0.39 is 43.9 Å². The van der Waals surface area contributed by atoms with Crippen LogP contribution in [-0.4, -0.2) is 38.5 Å². The molecule has 206 valence electrons. The fourth-order valence-corrected chi connectivity index (χ4v) is 7.11. The number of alkyl halides is 6. The summed E-state index contributed by atoms with van der Waals surface area (Å²) in [4.78, 5) is -0.240. The minimum absolute atomic E-state index is 0.0259. The maximum absolute atomic E-state index is 13.9. The van der Waals surface area contributed by atoms with Gasteiger partial charge in [-0.25, -0.2) is 12.8 Å². The first-order valence-electron chi connectivity index (χ1n) is 11.5. The van der Waals surface area contributed by atoms with Crippen molar-refractivity contribution in [1.82, 2.24) is 5.32 Å². The molecule has 0 saturated carbocycles. The Balaban J connectivity index is 2.18. The van der Waals surface area contributed by atoms with Gasteiger partial charge < -0.3 is 10.4 Å². The summed E-state index contributed by atoms with van der Waals surface area (Å²) in [5.41, 5.74) is -7.06. The molecule has 2 N–H and O–H groups in total. The van der Waals surface area contributed by atoms with E-state index in [-0.39, 0.29) is 34.9 Å². The summed E-state index contributed by atoms with van der Waals surface area (Å²) in [5, 5.41) is 12.9. The number of aliphatic hydroxyl groups is 1. The fraction of sp³-hybridized carbons (Fsp3) is 0.520. The third kappa shape index (κ3) is 4.87. The second kappa shape index (κ2) is 9.53. The number of hydrogen-bond donors (Lipinski definition) is 2. The van der Waals surface area contributed by atoms with Gasteiger partial charge in [0, 0.05) is 18.2 Å². The summed E-state index contributed by atoms with van der Waals surface area (Å²) in [5.74, 6) is -0.678. The SMILES string of the molecule is CCCC(C)(C)C1CC(c2ccc(C(O)(C(F)(F)F)C(F)(F)F)cc2)(S(=O)(=O)c2ccc(F)cc2)CN1. The number of rotatable bonds is 7. The quantitative estimate of drug-likeness (QED) is 0.325. The monoisotopic (exact) mass is 555 g/mol. The number of nitrogens with one attached hydrogen (secondary N) is 1. The van der Waals surface area contributed by atoms with Gasteiger partial charge in [0.15, 0.2) is 9.84 Å². The standard InChI is InChI=1S/C25H28F7NO3S/c1-4-13-21(2,3)20-14-22(15-33-20,37(35,36)19-11-9-18(26)10-12-19)16-5-7-17(8-6-16)23(34,24(27,28)29)25(30,31)32/h5-12,20,33-34H,4,13-15H2,1-3H3. The zero-order valence-corrected chi connectivity index (χ0v) is 21.2. The highest BCUT2D eigenvalue weighted by Gasteiger charge is 2.71. The predicted molar refractivity (Wildman–Crippen MR) is 123 cm³/mol. The van der Waals surface area contributed by atoms with Gasteiger partial charge >= 0.3 is 12.4 Å². The van der Waals surface area contributed by atoms with Crippen LogP contribution in [0.3, 0.4) is 0 Å². The molecule has 1 saturated heterocycles. The van der Waals surface area contributed by atoms with Crippen molar-refractivity contribution in [3.63, 3.8) is 0 Å². The van der Waals surface area contributed by atoms with E-state index in [1.165, 1.54) is 0 Å². The molecule has 0 aromatic heterocycles. The summed E-state index contributed by atoms with van der Waals surface area (Å²) >= 11 is 0. The van der Waals surface area contributed by atoms with Gasteiger partial charge in [0.25, 0.3) is 5.60 Å². The van der Waals surface area contributed by atoms with Crippen molar-refractivity contribution in [2.75, 3.05) is 6.54 Å². The minimum Gasteiger partial charge on any atom is -0.369 e. The summed E-state index contributed by atoms with van der Waals surface area (Å²) < 4.78 is 120. The Morgan fingerprint density at radius 3 is 1.92 bits per heavy atom. The lowest BCUT2D eigenvalue weighted by atomic mass is 9.77. The molecule has 0 aliphatic carbocycles. The first-order chi connectivity index (χ1) is 16.8. The summed E-state index contributed by atoms with van der Waals surface area (Å²) in [6.45, 7) is 5.66. The lowest BCUT2D eigenvalue weighted by Gasteiger charge is -2.35. The van der Waals surface area contributed by atoms with Gasteiger partial charge in [0.2, 0.25) is 0 Å². The van der Waals surface area contributed by atoms with Crippen molar-refractivity contribution >= 4 is 9.84 Å². The Morgan fingerprint density at radius 1 is 0.946 bits per heavy atom. The Labute approximate surface area is 210 Å². The molecule has 0 bridgehead atoms. The van der Waals surface area contributed by atoms with Crippen LogP contribution in [0.4, 0.5) is 30.7 Å². The van der Waals surface area contributed by atoms with Crippen LogP contribution in [0.2, 0.25) is 0 Å². The van der Waals surface area contributed by atoms with Crippen LogP contribution in [0, 0.1) is 11.2 Å². The predicted octanol–water partition coefficient (Wildman–Crippen LogP) is 6.00. The first kappa shape index (κ1) is 29.4. The highest BCUT2D eigenvalue weighted by Crippen LogP contribution is 2.51. The second-order valence-corrected chi connectivity index (χ2v) is 12.4. The number of benzene rings is 2. The topological polar surface area (TPSA) is 66.4 Å². The largest absolute Gasteiger partial charge is 0.430 e. The smallest absolute Gasteiger partial charge is 0.369 e. The molecule has 1 aliphatic rings. The zero-order valence-electron chi connectivity index (χ0n) is 20.3. The normalized spacial score (nSPS) is 21.9. The molecule has 0 spiro atoms. The van der Waals surface area contributed by atoms with Crippen molar-refractivity contribution in [1.29, 1.82) is 0 Å². The van der Waals surface area contributed by atoms with E-state index in [0.717, 1.165) is 49.2 Å². The van der Waals surface area contributed by atoms with Crippen LogP contribution in [0.1, 0.15) is 51.2 Å². The van der Waals surface area contributed by atoms with Gasteiger partial charge in [-0.15, -0.1) is 0 Å². The van der Waals surface area contributed by atoms with E-state index in [4.69, 9.17) is 0 Å². The molecule has 2 aromatic rings. The Hall–Kier alpha value is -2.18. The zero-order chi connectivity index (χ0) is 28.1. The Bertz CT molecular complexity index is 1190. The minimum atomic E-state index is -6.07. The van der Waals surface area contributed by atoms with Crippen molar-refractivity contribution in [2.24, 2.45) is 5.41 Å². The first-order valence-corrected chi connectivity index (χ1v) is 13.0. The molecule has 1 fully saturated rings. The van der Waals surface area contributed by atoms with E-state index in [0.29, 0.717) is 12.1 Å². The van der Waals surface area contributed by atoms with E-state index >= 15 is 0 Å². The van der Waals surface area contributed by atoms with E-state index in [1.807, 2.05) is 20.8 Å². The molecule has 37 heavy (non-hydrogen) atoms. The number of halogens is 7. The van der Waals surface area contributed by atoms with Crippen LogP contribution in [-0.2, 0) is 20.2 Å². The van der Waals surface area contributed by atoms with Gasteiger partial charge in [-0.1, -0.05) is 51.5 Å². The Kier molecular flexibility index (Phi) is 7.57. The van der Waals surface area contributed by atoms with Crippen LogP contribution < -0.4 is 5.32 Å². The van der Waals surface area contributed by atoms with Crippen molar-refractivity contribution in [3.8, 4) is 0 Å². The average Bonchev–Trinajstić information content (AvgIpc) is 3.26. The highest BCUT2D eigenvalue weighted by molar-refractivity contribution is 7.92. The average molecular weight is 556 g/mol. The molecule has 0 radical (unpaired) electrons. The van der Waals surface area contributed by atoms with Crippen LogP contribution in [0.15, 0.2) is 53.4 Å². The summed E-state index contributed by atoms with van der Waals surface area (Å²) in [7, 11) is -4.32. The van der Waals surface area contributed by atoms with E-state index in [9.17, 15) is 44.3 Å². The molecule has 3 rings (SSSR count). The Morgan fingerprint density at radius 2 is 1.46 bits per heavy atom. The van der Waals surface area contributed by atoms with E-state index in [2.05, 4.69) is 5.32 Å². The molecular weight excluding hydrogens is 527 g/mol. The van der Waals surface area contributed by atoms with Crippen LogP contribution in [0.5, 0.6) is 0 Å². The molecule has 1 heterocycles. The third-order valence-electron chi connectivity index (χ3n) is 7.29. The van der Waals surface area contributed by atoms with Crippen LogP contribution >= 0.6 is 0 Å². The van der Waals surface area contributed by atoms with E-state index in [1.54, 1.807) is 0 Å². The molecule has 2 unspecified atom stereocenters. The van der Waals surface area contributed by atoms with Gasteiger partial charge in [0.1, 0.15) is 10.6 Å². The lowest BCUT2D eigenvalue weighted by molar-refractivity contribution is -0.376. The lowest BCUT2D eigenvalue weighted by Crippen LogP contribution is -2.54. The third-order valence-corrected chi connectivity index (χ3v) is 9.76. The van der Waals surface area contributed by atoms with Gasteiger partial charge in [-0.2, -0.15) is 26.3 Å². The van der Waals surface area contributed by atoms with Crippen molar-refractivity contribution < 1.29 is 44.3 Å². The maximum atomic E-state index is 13.9.